The number of amides is 1. The summed E-state index contributed by atoms with van der Waals surface area (Å²) < 4.78 is 5.41. The highest BCUT2D eigenvalue weighted by atomic mass is 35.5. The number of rotatable bonds is 4. The number of carbonyl (C=O) groups excluding carboxylic acids is 1. The fraction of sp³-hybridized carbons (Fsp3) is 0.133. The lowest BCUT2D eigenvalue weighted by Crippen LogP contribution is -2.31. The lowest BCUT2D eigenvalue weighted by molar-refractivity contribution is -0.120. The van der Waals surface area contributed by atoms with Crippen molar-refractivity contribution in [3.63, 3.8) is 0 Å². The number of benzene rings is 2. The van der Waals surface area contributed by atoms with Gasteiger partial charge in [-0.1, -0.05) is 41.4 Å². The first-order valence-corrected chi connectivity index (χ1v) is 6.73. The second-order valence-electron chi connectivity index (χ2n) is 4.15. The van der Waals surface area contributed by atoms with Crippen molar-refractivity contribution < 1.29 is 9.53 Å². The minimum absolute atomic E-state index is 0.0661. The first kappa shape index (κ1) is 14.7. The predicted molar refractivity (Wildman–Crippen MR) is 81.8 cm³/mol. The van der Waals surface area contributed by atoms with E-state index in [9.17, 15) is 4.79 Å². The molecular formula is C15H13Cl2NO2. The average Bonchev–Trinajstić information content (AvgIpc) is 2.48. The van der Waals surface area contributed by atoms with E-state index < -0.39 is 0 Å². The number of likely N-dealkylation sites (N-methyl/N-ethyl adjacent to an activating group) is 1. The third kappa shape index (κ3) is 3.65. The molecule has 0 aliphatic carbocycles. The summed E-state index contributed by atoms with van der Waals surface area (Å²) in [7, 11) is 1.70. The number of hydrogen-bond donors (Lipinski definition) is 0. The topological polar surface area (TPSA) is 29.5 Å². The van der Waals surface area contributed by atoms with E-state index in [1.54, 1.807) is 25.2 Å². The van der Waals surface area contributed by atoms with E-state index in [-0.39, 0.29) is 12.5 Å². The van der Waals surface area contributed by atoms with Gasteiger partial charge in [0.15, 0.2) is 6.61 Å². The molecule has 2 aromatic carbocycles. The van der Waals surface area contributed by atoms with E-state index in [4.69, 9.17) is 27.9 Å². The summed E-state index contributed by atoms with van der Waals surface area (Å²) in [6.45, 7) is -0.0661. The quantitative estimate of drug-likeness (QED) is 0.853. The Morgan fingerprint density at radius 1 is 1.10 bits per heavy atom. The summed E-state index contributed by atoms with van der Waals surface area (Å²) in [5, 5.41) is 0.847. The largest absolute Gasteiger partial charge is 0.484 e. The molecule has 2 aromatic rings. The summed E-state index contributed by atoms with van der Waals surface area (Å²) in [5.41, 5.74) is 0.815. The molecule has 20 heavy (non-hydrogen) atoms. The Hall–Kier alpha value is -1.71. The first-order chi connectivity index (χ1) is 9.58. The first-order valence-electron chi connectivity index (χ1n) is 5.97. The number of halogens is 2. The van der Waals surface area contributed by atoms with Gasteiger partial charge < -0.3 is 9.64 Å². The molecule has 0 atom stereocenters. The Balaban J connectivity index is 1.96. The van der Waals surface area contributed by atoms with E-state index in [0.29, 0.717) is 15.8 Å². The van der Waals surface area contributed by atoms with E-state index in [2.05, 4.69) is 0 Å². The third-order valence-corrected chi connectivity index (χ3v) is 3.51. The fourth-order valence-electron chi connectivity index (χ4n) is 1.60. The van der Waals surface area contributed by atoms with E-state index >= 15 is 0 Å². The van der Waals surface area contributed by atoms with Crippen LogP contribution in [0.5, 0.6) is 5.75 Å². The van der Waals surface area contributed by atoms with Crippen LogP contribution in [0.4, 0.5) is 5.69 Å². The zero-order valence-electron chi connectivity index (χ0n) is 10.8. The Labute approximate surface area is 127 Å². The molecule has 0 N–H and O–H groups in total. The molecule has 1 amide bonds. The summed E-state index contributed by atoms with van der Waals surface area (Å²) in [6, 6.07) is 14.2. The van der Waals surface area contributed by atoms with Crippen molar-refractivity contribution in [3.05, 3.63) is 58.6 Å². The monoisotopic (exact) mass is 309 g/mol. The van der Waals surface area contributed by atoms with Crippen molar-refractivity contribution in [2.24, 2.45) is 0 Å². The summed E-state index contributed by atoms with van der Waals surface area (Å²) >= 11 is 11.7. The molecule has 0 spiro atoms. The molecule has 0 aliphatic rings. The number of nitrogens with zero attached hydrogens (tertiary/aromatic N) is 1. The van der Waals surface area contributed by atoms with Crippen LogP contribution in [0.2, 0.25) is 10.0 Å². The maximum atomic E-state index is 12.0. The Morgan fingerprint density at radius 2 is 1.80 bits per heavy atom. The number of ether oxygens (including phenoxy) is 1. The highest BCUT2D eigenvalue weighted by molar-refractivity contribution is 6.42. The fourth-order valence-corrected chi connectivity index (χ4v) is 1.89. The molecule has 0 aromatic heterocycles. The number of carbonyl (C=O) groups is 1. The maximum Gasteiger partial charge on any atom is 0.264 e. The minimum Gasteiger partial charge on any atom is -0.484 e. The Kier molecular flexibility index (Phi) is 4.88. The standard InChI is InChI=1S/C15H13Cl2NO2/c1-18(11-5-3-2-4-6-11)15(19)10-20-12-7-8-13(16)14(17)9-12/h2-9H,10H2,1H3. The summed E-state index contributed by atoms with van der Waals surface area (Å²) in [4.78, 5) is 13.5. The van der Waals surface area contributed by atoms with Crippen molar-refractivity contribution in [2.75, 3.05) is 18.6 Å². The minimum atomic E-state index is -0.151. The van der Waals surface area contributed by atoms with Gasteiger partial charge in [0.1, 0.15) is 5.75 Å². The van der Waals surface area contributed by atoms with Gasteiger partial charge >= 0.3 is 0 Å². The second kappa shape index (κ2) is 6.64. The van der Waals surface area contributed by atoms with E-state index in [0.717, 1.165) is 5.69 Å². The summed E-state index contributed by atoms with van der Waals surface area (Å²) in [6.07, 6.45) is 0. The van der Waals surface area contributed by atoms with Gasteiger partial charge in [-0.05, 0) is 24.3 Å². The Morgan fingerprint density at radius 3 is 2.45 bits per heavy atom. The van der Waals surface area contributed by atoms with Gasteiger partial charge in [0, 0.05) is 18.8 Å². The molecule has 0 heterocycles. The Bertz CT molecular complexity index is 602. The highest BCUT2D eigenvalue weighted by Crippen LogP contribution is 2.26. The highest BCUT2D eigenvalue weighted by Gasteiger charge is 2.11. The van der Waals surface area contributed by atoms with Gasteiger partial charge in [-0.25, -0.2) is 0 Å². The number of para-hydroxylation sites is 1. The van der Waals surface area contributed by atoms with Crippen LogP contribution in [0.25, 0.3) is 0 Å². The van der Waals surface area contributed by atoms with Crippen LogP contribution in [0.1, 0.15) is 0 Å². The van der Waals surface area contributed by atoms with Crippen LogP contribution in [-0.2, 0) is 4.79 Å². The molecule has 0 saturated heterocycles. The number of anilines is 1. The number of hydrogen-bond acceptors (Lipinski definition) is 2. The predicted octanol–water partition coefficient (Wildman–Crippen LogP) is 4.04. The van der Waals surface area contributed by atoms with Crippen LogP contribution in [-0.4, -0.2) is 19.6 Å². The van der Waals surface area contributed by atoms with Crippen molar-refractivity contribution in [3.8, 4) is 5.75 Å². The lowest BCUT2D eigenvalue weighted by Gasteiger charge is -2.17. The molecule has 3 nitrogen and oxygen atoms in total. The van der Waals surface area contributed by atoms with Gasteiger partial charge in [-0.15, -0.1) is 0 Å². The third-order valence-electron chi connectivity index (χ3n) is 2.77. The molecule has 0 fully saturated rings. The van der Waals surface area contributed by atoms with Crippen LogP contribution < -0.4 is 9.64 Å². The van der Waals surface area contributed by atoms with Gasteiger partial charge in [-0.3, -0.25) is 4.79 Å². The zero-order valence-corrected chi connectivity index (χ0v) is 12.4. The van der Waals surface area contributed by atoms with Crippen LogP contribution in [0, 0.1) is 0 Å². The lowest BCUT2D eigenvalue weighted by atomic mass is 10.3. The smallest absolute Gasteiger partial charge is 0.264 e. The van der Waals surface area contributed by atoms with Gasteiger partial charge in [-0.2, -0.15) is 0 Å². The van der Waals surface area contributed by atoms with Crippen molar-refractivity contribution >= 4 is 34.8 Å². The molecule has 0 radical (unpaired) electrons. The molecule has 104 valence electrons. The maximum absolute atomic E-state index is 12.0. The SMILES string of the molecule is CN(C(=O)COc1ccc(Cl)c(Cl)c1)c1ccccc1. The van der Waals surface area contributed by atoms with E-state index in [1.165, 1.54) is 4.90 Å². The van der Waals surface area contributed by atoms with Crippen LogP contribution in [0.15, 0.2) is 48.5 Å². The van der Waals surface area contributed by atoms with E-state index in [1.807, 2.05) is 30.3 Å². The van der Waals surface area contributed by atoms with Gasteiger partial charge in [0.05, 0.1) is 10.0 Å². The molecule has 0 saturated carbocycles. The zero-order chi connectivity index (χ0) is 14.5. The molecular weight excluding hydrogens is 297 g/mol. The molecule has 5 heteroatoms. The summed E-state index contributed by atoms with van der Waals surface area (Å²) in [5.74, 6) is 0.358. The van der Waals surface area contributed by atoms with Crippen molar-refractivity contribution in [1.82, 2.24) is 0 Å². The molecule has 0 aliphatic heterocycles. The molecule has 2 rings (SSSR count). The van der Waals surface area contributed by atoms with Crippen LogP contribution in [0.3, 0.4) is 0 Å². The average molecular weight is 310 g/mol. The van der Waals surface area contributed by atoms with Crippen molar-refractivity contribution in [2.45, 2.75) is 0 Å². The van der Waals surface area contributed by atoms with Crippen molar-refractivity contribution in [1.29, 1.82) is 0 Å². The van der Waals surface area contributed by atoms with Gasteiger partial charge in [0.25, 0.3) is 5.91 Å². The van der Waals surface area contributed by atoms with Gasteiger partial charge in [0.2, 0.25) is 0 Å². The van der Waals surface area contributed by atoms with Crippen LogP contribution >= 0.6 is 23.2 Å². The molecule has 0 unspecified atom stereocenters. The molecule has 0 bridgehead atoms. The normalized spacial score (nSPS) is 10.2. The second-order valence-corrected chi connectivity index (χ2v) is 4.97.